The van der Waals surface area contributed by atoms with Crippen LogP contribution in [0.3, 0.4) is 0 Å². The number of anilines is 1. The highest BCUT2D eigenvalue weighted by Gasteiger charge is 2.51. The van der Waals surface area contributed by atoms with Gasteiger partial charge < -0.3 is 20.0 Å². The third-order valence-electron chi connectivity index (χ3n) is 7.31. The summed E-state index contributed by atoms with van der Waals surface area (Å²) in [4.78, 5) is 32.1. The van der Waals surface area contributed by atoms with Crippen LogP contribution in [0.1, 0.15) is 17.9 Å². The fourth-order valence-electron chi connectivity index (χ4n) is 5.44. The van der Waals surface area contributed by atoms with Crippen LogP contribution in [-0.2, 0) is 0 Å². The van der Waals surface area contributed by atoms with Crippen molar-refractivity contribution in [3.05, 3.63) is 90.5 Å². The molecule has 6 nitrogen and oxygen atoms in total. The fraction of sp³-hybridized carbons (Fsp3) is 0.286. The van der Waals surface area contributed by atoms with Crippen LogP contribution in [0.5, 0.6) is 0 Å². The van der Waals surface area contributed by atoms with E-state index in [9.17, 15) is 9.59 Å². The number of piperazine rings is 1. The summed E-state index contributed by atoms with van der Waals surface area (Å²) in [6.45, 7) is 2.38. The molecule has 0 aromatic heterocycles. The van der Waals surface area contributed by atoms with Crippen LogP contribution in [0.4, 0.5) is 15.3 Å². The number of carbonyl (C=O) groups excluding carboxylic acids is 2. The second-order valence-electron chi connectivity index (χ2n) is 9.39. The summed E-state index contributed by atoms with van der Waals surface area (Å²) in [6.07, 6.45) is 1.02. The normalized spacial score (nSPS) is 23.6. The Morgan fingerprint density at radius 3 is 2.29 bits per heavy atom. The lowest BCUT2D eigenvalue weighted by Gasteiger charge is -2.36. The molecular weight excluding hydrogens is 424 g/mol. The van der Waals surface area contributed by atoms with E-state index in [2.05, 4.69) is 29.6 Å². The van der Waals surface area contributed by atoms with Gasteiger partial charge in [0.1, 0.15) is 0 Å². The zero-order valence-corrected chi connectivity index (χ0v) is 19.0. The summed E-state index contributed by atoms with van der Waals surface area (Å²) in [5.74, 6) is 0.431. The van der Waals surface area contributed by atoms with Crippen LogP contribution in [0.2, 0.25) is 0 Å². The van der Waals surface area contributed by atoms with Gasteiger partial charge >= 0.3 is 12.1 Å². The van der Waals surface area contributed by atoms with Crippen molar-refractivity contribution >= 4 is 17.7 Å². The van der Waals surface area contributed by atoms with Gasteiger partial charge in [-0.1, -0.05) is 78.9 Å². The van der Waals surface area contributed by atoms with E-state index in [1.807, 2.05) is 75.4 Å². The summed E-state index contributed by atoms with van der Waals surface area (Å²) in [5, 5.41) is 3.11. The molecule has 6 rings (SSSR count). The molecule has 1 unspecified atom stereocenters. The van der Waals surface area contributed by atoms with Crippen LogP contribution < -0.4 is 5.32 Å². The molecule has 4 amide bonds. The van der Waals surface area contributed by atoms with Gasteiger partial charge in [0.05, 0.1) is 11.7 Å². The Kier molecular flexibility index (Phi) is 5.21. The van der Waals surface area contributed by atoms with Gasteiger partial charge in [0.25, 0.3) is 0 Å². The van der Waals surface area contributed by atoms with Gasteiger partial charge in [0.15, 0.2) is 0 Å². The molecule has 0 bridgehead atoms. The van der Waals surface area contributed by atoms with Crippen LogP contribution in [0.15, 0.2) is 84.9 Å². The number of carbonyl (C=O) groups is 2. The van der Waals surface area contributed by atoms with Gasteiger partial charge in [-0.25, -0.2) is 9.59 Å². The van der Waals surface area contributed by atoms with Crippen molar-refractivity contribution in [1.82, 2.24) is 14.7 Å². The highest BCUT2D eigenvalue weighted by atomic mass is 16.2. The van der Waals surface area contributed by atoms with Gasteiger partial charge in [0, 0.05) is 43.7 Å². The molecule has 34 heavy (non-hydrogen) atoms. The molecular formula is C28H28N4O2. The van der Waals surface area contributed by atoms with E-state index in [1.165, 1.54) is 5.56 Å². The van der Waals surface area contributed by atoms with Crippen molar-refractivity contribution in [2.24, 2.45) is 0 Å². The molecule has 2 aliphatic heterocycles. The van der Waals surface area contributed by atoms with Crippen LogP contribution in [0.25, 0.3) is 11.1 Å². The lowest BCUT2D eigenvalue weighted by atomic mass is 10.0. The summed E-state index contributed by atoms with van der Waals surface area (Å²) in [7, 11) is 0. The van der Waals surface area contributed by atoms with E-state index >= 15 is 0 Å². The molecule has 3 aliphatic rings. The number of amides is 4. The Labute approximate surface area is 199 Å². The lowest BCUT2D eigenvalue weighted by Crippen LogP contribution is -2.54. The smallest absolute Gasteiger partial charge is 0.321 e. The van der Waals surface area contributed by atoms with E-state index in [4.69, 9.17) is 0 Å². The number of rotatable bonds is 4. The Morgan fingerprint density at radius 2 is 1.50 bits per heavy atom. The van der Waals surface area contributed by atoms with E-state index in [0.29, 0.717) is 32.1 Å². The molecule has 2 saturated heterocycles. The number of hydrogen-bond donors (Lipinski definition) is 1. The third kappa shape index (κ3) is 3.79. The van der Waals surface area contributed by atoms with Crippen molar-refractivity contribution < 1.29 is 9.59 Å². The summed E-state index contributed by atoms with van der Waals surface area (Å²) in [6, 6.07) is 28.8. The summed E-state index contributed by atoms with van der Waals surface area (Å²) in [5.41, 5.74) is 4.17. The summed E-state index contributed by atoms with van der Waals surface area (Å²) >= 11 is 0. The standard InChI is InChI=1S/C28H28N4O2/c33-27(29-25-14-8-7-13-23(25)20-9-3-1-4-10-20)30-15-16-31-22(18-30)19-32(28(31)34)26-17-24(26)21-11-5-2-6-12-21/h1-14,22,24,26H,15-19H2,(H,29,33)/t22?,24-,26+/m1/s1. The molecule has 6 heteroatoms. The zero-order valence-electron chi connectivity index (χ0n) is 19.0. The van der Waals surface area contributed by atoms with Crippen molar-refractivity contribution in [3.63, 3.8) is 0 Å². The SMILES string of the molecule is O=C(Nc1ccccc1-c1ccccc1)N1CCN2C(=O)N([C@H]3C[C@@H]3c3ccccc3)CC2C1. The Morgan fingerprint density at radius 1 is 0.794 bits per heavy atom. The second kappa shape index (κ2) is 8.52. The Hall–Kier alpha value is -3.80. The summed E-state index contributed by atoms with van der Waals surface area (Å²) < 4.78 is 0. The quantitative estimate of drug-likeness (QED) is 0.614. The molecule has 1 aliphatic carbocycles. The topological polar surface area (TPSA) is 55.9 Å². The second-order valence-corrected chi connectivity index (χ2v) is 9.39. The van der Waals surface area contributed by atoms with E-state index < -0.39 is 0 Å². The van der Waals surface area contributed by atoms with Crippen LogP contribution in [-0.4, -0.2) is 65.0 Å². The molecule has 0 radical (unpaired) electrons. The number of nitrogens with zero attached hydrogens (tertiary/aromatic N) is 3. The zero-order chi connectivity index (χ0) is 23.1. The molecule has 172 valence electrons. The molecule has 3 atom stereocenters. The van der Waals surface area contributed by atoms with Crippen LogP contribution in [0, 0.1) is 0 Å². The number of urea groups is 2. The van der Waals surface area contributed by atoms with Crippen molar-refractivity contribution in [1.29, 1.82) is 0 Å². The Bertz CT molecular complexity index is 1200. The number of fused-ring (bicyclic) bond motifs is 1. The number of hydrogen-bond acceptors (Lipinski definition) is 2. The molecule has 2 heterocycles. The number of benzene rings is 3. The Balaban J connectivity index is 1.12. The highest BCUT2D eigenvalue weighted by Crippen LogP contribution is 2.46. The van der Waals surface area contributed by atoms with Crippen molar-refractivity contribution in [3.8, 4) is 11.1 Å². The third-order valence-corrected chi connectivity index (χ3v) is 7.31. The minimum Gasteiger partial charge on any atom is -0.321 e. The van der Waals surface area contributed by atoms with Gasteiger partial charge in [-0.3, -0.25) is 0 Å². The minimum absolute atomic E-state index is 0.0494. The van der Waals surface area contributed by atoms with Gasteiger partial charge in [-0.2, -0.15) is 0 Å². The predicted octanol–water partition coefficient (Wildman–Crippen LogP) is 4.86. The average Bonchev–Trinajstić information content (AvgIpc) is 3.62. The van der Waals surface area contributed by atoms with E-state index in [1.54, 1.807) is 0 Å². The molecule has 3 fully saturated rings. The maximum Gasteiger partial charge on any atom is 0.321 e. The first-order valence-corrected chi connectivity index (χ1v) is 12.0. The first-order valence-electron chi connectivity index (χ1n) is 12.0. The maximum absolute atomic E-state index is 13.2. The van der Waals surface area contributed by atoms with E-state index in [-0.39, 0.29) is 24.1 Å². The van der Waals surface area contributed by atoms with Crippen molar-refractivity contribution in [2.75, 3.05) is 31.5 Å². The average molecular weight is 453 g/mol. The minimum atomic E-state index is -0.109. The fourth-order valence-corrected chi connectivity index (χ4v) is 5.44. The molecule has 1 N–H and O–H groups in total. The first kappa shape index (κ1) is 20.8. The molecule has 0 spiro atoms. The van der Waals surface area contributed by atoms with Gasteiger partial charge in [-0.15, -0.1) is 0 Å². The molecule has 3 aromatic carbocycles. The molecule has 3 aromatic rings. The van der Waals surface area contributed by atoms with Gasteiger partial charge in [-0.05, 0) is 23.6 Å². The number of para-hydroxylation sites is 1. The lowest BCUT2D eigenvalue weighted by molar-refractivity contribution is 0.135. The first-order chi connectivity index (χ1) is 16.7. The largest absolute Gasteiger partial charge is 0.321 e. The maximum atomic E-state index is 13.2. The van der Waals surface area contributed by atoms with Gasteiger partial charge in [0.2, 0.25) is 0 Å². The van der Waals surface area contributed by atoms with E-state index in [0.717, 1.165) is 23.2 Å². The number of nitrogens with one attached hydrogen (secondary N) is 1. The van der Waals surface area contributed by atoms with Crippen LogP contribution >= 0.6 is 0 Å². The highest BCUT2D eigenvalue weighted by molar-refractivity contribution is 5.94. The molecule has 1 saturated carbocycles. The predicted molar refractivity (Wildman–Crippen MR) is 133 cm³/mol. The van der Waals surface area contributed by atoms with Crippen molar-refractivity contribution in [2.45, 2.75) is 24.4 Å². The monoisotopic (exact) mass is 452 g/mol.